The zero-order chi connectivity index (χ0) is 20.6. The smallest absolute Gasteiger partial charge is 0.328 e. The number of aliphatic carboxylic acids is 1. The highest BCUT2D eigenvalue weighted by molar-refractivity contribution is 5.94. The van der Waals surface area contributed by atoms with E-state index in [1.54, 1.807) is 29.2 Å². The van der Waals surface area contributed by atoms with E-state index < -0.39 is 17.4 Å². The van der Waals surface area contributed by atoms with Crippen LogP contribution >= 0.6 is 0 Å². The van der Waals surface area contributed by atoms with Crippen molar-refractivity contribution in [1.29, 1.82) is 0 Å². The molecule has 10 nitrogen and oxygen atoms in total. The van der Waals surface area contributed by atoms with Crippen molar-refractivity contribution in [2.75, 3.05) is 0 Å². The lowest BCUT2D eigenvalue weighted by Crippen LogP contribution is -2.49. The fourth-order valence-electron chi connectivity index (χ4n) is 2.60. The number of carbonyl (C=O) groups is 2. The van der Waals surface area contributed by atoms with Gasteiger partial charge in [-0.3, -0.25) is 9.78 Å². The van der Waals surface area contributed by atoms with E-state index in [4.69, 9.17) is 9.52 Å². The summed E-state index contributed by atoms with van der Waals surface area (Å²) in [7, 11) is 0. The molecule has 0 saturated heterocycles. The summed E-state index contributed by atoms with van der Waals surface area (Å²) in [5.74, 6) is -2.12. The Bertz CT molecular complexity index is 1210. The highest BCUT2D eigenvalue weighted by Crippen LogP contribution is 2.24. The highest BCUT2D eigenvalue weighted by Gasteiger charge is 2.31. The molecule has 10 heteroatoms. The van der Waals surface area contributed by atoms with Crippen molar-refractivity contribution in [1.82, 2.24) is 30.3 Å². The Hall–Kier alpha value is -4.08. The second kappa shape index (κ2) is 6.82. The molecule has 0 aliphatic rings. The Kier molecular flexibility index (Phi) is 4.30. The second-order valence-corrected chi connectivity index (χ2v) is 6.86. The number of hydrogen-bond donors (Lipinski definition) is 2. The third-order valence-corrected chi connectivity index (χ3v) is 4.24. The maximum atomic E-state index is 12.2. The van der Waals surface area contributed by atoms with Gasteiger partial charge in [0.1, 0.15) is 5.54 Å². The van der Waals surface area contributed by atoms with Gasteiger partial charge in [-0.1, -0.05) is 0 Å². The van der Waals surface area contributed by atoms with E-state index in [-0.39, 0.29) is 11.8 Å². The standard InChI is InChI=1S/C19H16N6O4/c1-19(2,18(27)28)21-15(26)17-23-22-16(29-17)11-5-6-14-12(8-11)10-25(24-14)13-4-3-7-20-9-13/h3-10H,1-2H3,(H,21,26)(H,27,28). The minimum absolute atomic E-state index is 0.138. The number of amides is 1. The van der Waals surface area contributed by atoms with Crippen LogP contribution in [0.1, 0.15) is 24.5 Å². The van der Waals surface area contributed by atoms with Gasteiger partial charge in [-0.25, -0.2) is 9.48 Å². The van der Waals surface area contributed by atoms with Gasteiger partial charge in [0.25, 0.3) is 0 Å². The van der Waals surface area contributed by atoms with Crippen molar-refractivity contribution in [3.8, 4) is 17.1 Å². The van der Waals surface area contributed by atoms with Crippen molar-refractivity contribution in [3.63, 3.8) is 0 Å². The van der Waals surface area contributed by atoms with Gasteiger partial charge >= 0.3 is 17.8 Å². The van der Waals surface area contributed by atoms with E-state index in [1.165, 1.54) is 13.8 Å². The minimum atomic E-state index is -1.47. The van der Waals surface area contributed by atoms with E-state index in [0.29, 0.717) is 5.56 Å². The molecule has 29 heavy (non-hydrogen) atoms. The monoisotopic (exact) mass is 392 g/mol. The highest BCUT2D eigenvalue weighted by atomic mass is 16.4. The topological polar surface area (TPSA) is 136 Å². The van der Waals surface area contributed by atoms with Gasteiger partial charge in [0.15, 0.2) is 0 Å². The van der Waals surface area contributed by atoms with Crippen LogP contribution in [-0.4, -0.2) is 47.5 Å². The van der Waals surface area contributed by atoms with Gasteiger partial charge < -0.3 is 14.8 Å². The first kappa shape index (κ1) is 18.3. The Morgan fingerprint density at radius 2 is 2.03 bits per heavy atom. The Morgan fingerprint density at radius 3 is 2.76 bits per heavy atom. The average molecular weight is 392 g/mol. The number of carboxylic acid groups (broad SMARTS) is 1. The lowest BCUT2D eigenvalue weighted by atomic mass is 10.1. The molecule has 146 valence electrons. The van der Waals surface area contributed by atoms with Gasteiger partial charge in [-0.2, -0.15) is 5.10 Å². The first-order chi connectivity index (χ1) is 13.8. The number of rotatable bonds is 5. The van der Waals surface area contributed by atoms with Gasteiger partial charge in [-0.05, 0) is 44.2 Å². The van der Waals surface area contributed by atoms with Crippen molar-refractivity contribution >= 4 is 22.8 Å². The lowest BCUT2D eigenvalue weighted by Gasteiger charge is -2.19. The van der Waals surface area contributed by atoms with Crippen LogP contribution in [0.5, 0.6) is 0 Å². The molecule has 0 aliphatic heterocycles. The molecule has 3 heterocycles. The van der Waals surface area contributed by atoms with E-state index >= 15 is 0 Å². The van der Waals surface area contributed by atoms with Crippen molar-refractivity contribution in [2.24, 2.45) is 0 Å². The summed E-state index contributed by atoms with van der Waals surface area (Å²) in [5, 5.41) is 24.4. The van der Waals surface area contributed by atoms with E-state index in [1.807, 2.05) is 24.4 Å². The molecule has 0 unspecified atom stereocenters. The summed E-state index contributed by atoms with van der Waals surface area (Å²) >= 11 is 0. The van der Waals surface area contributed by atoms with Crippen LogP contribution in [0.4, 0.5) is 0 Å². The Balaban J connectivity index is 1.61. The van der Waals surface area contributed by atoms with E-state index in [0.717, 1.165) is 16.6 Å². The van der Waals surface area contributed by atoms with Crippen molar-refractivity contribution in [2.45, 2.75) is 19.4 Å². The lowest BCUT2D eigenvalue weighted by molar-refractivity contribution is -0.143. The average Bonchev–Trinajstić information content (AvgIpc) is 3.35. The molecule has 0 saturated carbocycles. The molecule has 1 amide bonds. The summed E-state index contributed by atoms with van der Waals surface area (Å²) in [5.41, 5.74) is 0.722. The number of nitrogens with zero attached hydrogens (tertiary/aromatic N) is 5. The zero-order valence-electron chi connectivity index (χ0n) is 15.5. The molecule has 1 aromatic carbocycles. The maximum absolute atomic E-state index is 12.2. The third-order valence-electron chi connectivity index (χ3n) is 4.24. The molecular formula is C19H16N6O4. The summed E-state index contributed by atoms with van der Waals surface area (Å²) in [6.45, 7) is 2.72. The number of hydrogen-bond acceptors (Lipinski definition) is 7. The molecule has 0 spiro atoms. The molecular weight excluding hydrogens is 376 g/mol. The number of aromatic nitrogens is 5. The number of carbonyl (C=O) groups excluding carboxylic acids is 1. The number of fused-ring (bicyclic) bond motifs is 1. The number of benzene rings is 1. The normalized spacial score (nSPS) is 11.5. The second-order valence-electron chi connectivity index (χ2n) is 6.86. The van der Waals surface area contributed by atoms with E-state index in [2.05, 4.69) is 25.6 Å². The van der Waals surface area contributed by atoms with Crippen LogP contribution in [0.3, 0.4) is 0 Å². The number of carboxylic acids is 1. The summed E-state index contributed by atoms with van der Waals surface area (Å²) in [6, 6.07) is 9.07. The van der Waals surface area contributed by atoms with E-state index in [9.17, 15) is 9.59 Å². The quantitative estimate of drug-likeness (QED) is 0.527. The summed E-state index contributed by atoms with van der Waals surface area (Å²) < 4.78 is 7.14. The predicted octanol–water partition coefficient (Wildman–Crippen LogP) is 2.06. The molecule has 0 aliphatic carbocycles. The Morgan fingerprint density at radius 1 is 1.21 bits per heavy atom. The van der Waals surface area contributed by atoms with Crippen LogP contribution in [0.15, 0.2) is 53.3 Å². The number of pyridine rings is 1. The summed E-state index contributed by atoms with van der Waals surface area (Å²) in [4.78, 5) is 27.4. The van der Waals surface area contributed by atoms with Crippen molar-refractivity contribution < 1.29 is 19.1 Å². The maximum Gasteiger partial charge on any atom is 0.328 e. The van der Waals surface area contributed by atoms with Gasteiger partial charge in [0, 0.05) is 23.3 Å². The first-order valence-corrected chi connectivity index (χ1v) is 8.63. The van der Waals surface area contributed by atoms with Crippen LogP contribution in [0, 0.1) is 0 Å². The minimum Gasteiger partial charge on any atom is -0.480 e. The molecule has 0 bridgehead atoms. The zero-order valence-corrected chi connectivity index (χ0v) is 15.5. The van der Waals surface area contributed by atoms with Gasteiger partial charge in [0.2, 0.25) is 5.89 Å². The first-order valence-electron chi connectivity index (χ1n) is 8.63. The molecule has 2 N–H and O–H groups in total. The van der Waals surface area contributed by atoms with Gasteiger partial charge in [-0.15, -0.1) is 10.2 Å². The van der Waals surface area contributed by atoms with Crippen LogP contribution in [0.25, 0.3) is 28.0 Å². The molecule has 4 aromatic rings. The number of nitrogens with one attached hydrogen (secondary N) is 1. The Labute approximate surface area is 164 Å². The molecule has 0 radical (unpaired) electrons. The van der Waals surface area contributed by atoms with Crippen LogP contribution in [0.2, 0.25) is 0 Å². The third kappa shape index (κ3) is 3.55. The molecule has 4 rings (SSSR count). The predicted molar refractivity (Wildman–Crippen MR) is 101 cm³/mol. The van der Waals surface area contributed by atoms with Crippen LogP contribution in [-0.2, 0) is 4.79 Å². The van der Waals surface area contributed by atoms with Gasteiger partial charge in [0.05, 0.1) is 17.4 Å². The fourth-order valence-corrected chi connectivity index (χ4v) is 2.60. The molecule has 3 aromatic heterocycles. The fraction of sp³-hybridized carbons (Fsp3) is 0.158. The SMILES string of the molecule is CC(C)(NC(=O)c1nnc(-c2ccc3nn(-c4cccnc4)cc3c2)o1)C(=O)O. The van der Waals surface area contributed by atoms with Crippen LogP contribution < -0.4 is 5.32 Å². The molecule has 0 atom stereocenters. The van der Waals surface area contributed by atoms with Crippen molar-refractivity contribution in [3.05, 3.63) is 54.8 Å². The molecule has 0 fully saturated rings. The largest absolute Gasteiger partial charge is 0.480 e. The summed E-state index contributed by atoms with van der Waals surface area (Å²) in [6.07, 6.45) is 5.23.